The highest BCUT2D eigenvalue weighted by molar-refractivity contribution is 9.10. The van der Waals surface area contributed by atoms with Gasteiger partial charge in [-0.2, -0.15) is 12.6 Å². The van der Waals surface area contributed by atoms with E-state index in [-0.39, 0.29) is 0 Å². The molecule has 0 aliphatic heterocycles. The minimum absolute atomic E-state index is 0.432. The predicted molar refractivity (Wildman–Crippen MR) is 77.3 cm³/mol. The van der Waals surface area contributed by atoms with Crippen molar-refractivity contribution >= 4 is 51.8 Å². The van der Waals surface area contributed by atoms with Gasteiger partial charge < -0.3 is 4.74 Å². The molecule has 0 bridgehead atoms. The van der Waals surface area contributed by atoms with Crippen LogP contribution in [0.15, 0.2) is 16.6 Å². The summed E-state index contributed by atoms with van der Waals surface area (Å²) in [5.74, 6) is 1.86. The van der Waals surface area contributed by atoms with E-state index in [4.69, 9.17) is 27.9 Å². The van der Waals surface area contributed by atoms with Crippen molar-refractivity contribution in [2.24, 2.45) is 5.92 Å². The average molecular weight is 344 g/mol. The Morgan fingerprint density at radius 3 is 2.62 bits per heavy atom. The Balaban J connectivity index is 2.70. The maximum Gasteiger partial charge on any atom is 0.139 e. The van der Waals surface area contributed by atoms with Crippen LogP contribution in [0.4, 0.5) is 0 Å². The normalized spacial score (nSPS) is 12.6. The lowest BCUT2D eigenvalue weighted by Gasteiger charge is -2.14. The molecule has 90 valence electrons. The standard InChI is InChI=1S/C11H13BrCl2OS/c1-2-7(6-16)5-15-11-4-9(13)8(12)3-10(11)14/h3-4,7,16H,2,5-6H2,1H3. The van der Waals surface area contributed by atoms with Crippen molar-refractivity contribution in [3.05, 3.63) is 26.7 Å². The maximum atomic E-state index is 6.04. The van der Waals surface area contributed by atoms with Gasteiger partial charge in [-0.1, -0.05) is 30.1 Å². The number of halogens is 3. The van der Waals surface area contributed by atoms with Gasteiger partial charge in [0.05, 0.1) is 16.7 Å². The first-order valence-corrected chi connectivity index (χ1v) is 7.14. The molecule has 1 rings (SSSR count). The second kappa shape index (κ2) is 7.00. The summed E-state index contributed by atoms with van der Waals surface area (Å²) in [4.78, 5) is 0. The second-order valence-electron chi connectivity index (χ2n) is 3.46. The molecule has 0 aromatic heterocycles. The molecule has 0 aliphatic carbocycles. The maximum absolute atomic E-state index is 6.04. The molecule has 1 aromatic carbocycles. The van der Waals surface area contributed by atoms with E-state index in [0.29, 0.717) is 28.3 Å². The van der Waals surface area contributed by atoms with Crippen molar-refractivity contribution in [2.75, 3.05) is 12.4 Å². The van der Waals surface area contributed by atoms with Crippen molar-refractivity contribution in [3.63, 3.8) is 0 Å². The number of thiol groups is 1. The minimum atomic E-state index is 0.432. The summed E-state index contributed by atoms with van der Waals surface area (Å²) in [6.45, 7) is 2.72. The van der Waals surface area contributed by atoms with Crippen molar-refractivity contribution in [1.29, 1.82) is 0 Å². The molecule has 0 saturated heterocycles. The van der Waals surface area contributed by atoms with Crippen LogP contribution in [0.2, 0.25) is 10.0 Å². The number of benzene rings is 1. The van der Waals surface area contributed by atoms with E-state index in [9.17, 15) is 0 Å². The molecule has 0 saturated carbocycles. The van der Waals surface area contributed by atoms with Crippen LogP contribution in [0.3, 0.4) is 0 Å². The SMILES string of the molecule is CCC(CS)COc1cc(Cl)c(Br)cc1Cl. The Hall–Kier alpha value is 0.430. The fourth-order valence-corrected chi connectivity index (χ4v) is 2.33. The Morgan fingerprint density at radius 2 is 2.06 bits per heavy atom. The molecule has 0 fully saturated rings. The Bertz CT molecular complexity index is 356. The molecule has 0 spiro atoms. The summed E-state index contributed by atoms with van der Waals surface area (Å²) < 4.78 is 6.40. The zero-order chi connectivity index (χ0) is 12.1. The van der Waals surface area contributed by atoms with E-state index in [0.717, 1.165) is 16.6 Å². The number of ether oxygens (including phenoxy) is 1. The fraction of sp³-hybridized carbons (Fsp3) is 0.455. The number of hydrogen-bond acceptors (Lipinski definition) is 2. The van der Waals surface area contributed by atoms with Gasteiger partial charge in [-0.25, -0.2) is 0 Å². The van der Waals surface area contributed by atoms with E-state index in [1.807, 2.05) is 0 Å². The largest absolute Gasteiger partial charge is 0.492 e. The third kappa shape index (κ3) is 4.02. The summed E-state index contributed by atoms with van der Waals surface area (Å²) in [6.07, 6.45) is 1.03. The molecule has 0 amide bonds. The van der Waals surface area contributed by atoms with Crippen LogP contribution in [0.5, 0.6) is 5.75 Å². The van der Waals surface area contributed by atoms with Crippen LogP contribution in [-0.2, 0) is 0 Å². The molecular formula is C11H13BrCl2OS. The average Bonchev–Trinajstić information content (AvgIpc) is 2.26. The molecular weight excluding hydrogens is 331 g/mol. The molecule has 16 heavy (non-hydrogen) atoms. The van der Waals surface area contributed by atoms with Gasteiger partial charge in [0.15, 0.2) is 0 Å². The first kappa shape index (κ1) is 14.5. The smallest absolute Gasteiger partial charge is 0.139 e. The molecule has 0 heterocycles. The lowest BCUT2D eigenvalue weighted by molar-refractivity contribution is 0.259. The number of hydrogen-bond donors (Lipinski definition) is 1. The first-order valence-electron chi connectivity index (χ1n) is 4.96. The summed E-state index contributed by atoms with van der Waals surface area (Å²) in [7, 11) is 0. The molecule has 1 atom stereocenters. The topological polar surface area (TPSA) is 9.23 Å². The van der Waals surface area contributed by atoms with Crippen molar-refractivity contribution < 1.29 is 4.74 Å². The van der Waals surface area contributed by atoms with Gasteiger partial charge >= 0.3 is 0 Å². The Kier molecular flexibility index (Phi) is 6.34. The van der Waals surface area contributed by atoms with Gasteiger partial charge in [0.1, 0.15) is 5.75 Å². The number of rotatable bonds is 5. The Morgan fingerprint density at radius 1 is 1.38 bits per heavy atom. The van der Waals surface area contributed by atoms with Crippen molar-refractivity contribution in [3.8, 4) is 5.75 Å². The highest BCUT2D eigenvalue weighted by atomic mass is 79.9. The van der Waals surface area contributed by atoms with Crippen LogP contribution < -0.4 is 4.74 Å². The van der Waals surface area contributed by atoms with Crippen molar-refractivity contribution in [1.82, 2.24) is 0 Å². The fourth-order valence-electron chi connectivity index (χ4n) is 1.12. The van der Waals surface area contributed by atoms with Crippen LogP contribution in [0, 0.1) is 5.92 Å². The summed E-state index contributed by atoms with van der Waals surface area (Å²) >= 11 is 19.6. The molecule has 0 N–H and O–H groups in total. The van der Waals surface area contributed by atoms with Gasteiger partial charge in [-0.15, -0.1) is 0 Å². The molecule has 1 nitrogen and oxygen atoms in total. The van der Waals surface area contributed by atoms with Gasteiger partial charge in [-0.3, -0.25) is 0 Å². The molecule has 0 radical (unpaired) electrons. The summed E-state index contributed by atoms with van der Waals surface area (Å²) in [5.41, 5.74) is 0. The van der Waals surface area contributed by atoms with Crippen molar-refractivity contribution in [2.45, 2.75) is 13.3 Å². The van der Waals surface area contributed by atoms with Crippen LogP contribution in [0.25, 0.3) is 0 Å². The second-order valence-corrected chi connectivity index (χ2v) is 5.50. The molecule has 1 aromatic rings. The van der Waals surface area contributed by atoms with Gasteiger partial charge in [0, 0.05) is 16.5 Å². The summed E-state index contributed by atoms with van der Waals surface area (Å²) in [5, 5.41) is 1.16. The third-order valence-electron chi connectivity index (χ3n) is 2.28. The predicted octanol–water partition coefficient (Wildman–Crippen LogP) is 5.09. The third-order valence-corrected chi connectivity index (χ3v) is 4.29. The molecule has 1 unspecified atom stereocenters. The molecule has 0 aliphatic rings. The van der Waals surface area contributed by atoms with Crippen LogP contribution >= 0.6 is 51.8 Å². The summed E-state index contributed by atoms with van der Waals surface area (Å²) in [6, 6.07) is 3.46. The first-order chi connectivity index (χ1) is 7.58. The van der Waals surface area contributed by atoms with Gasteiger partial charge in [-0.05, 0) is 34.2 Å². The van der Waals surface area contributed by atoms with E-state index in [1.165, 1.54) is 0 Å². The van der Waals surface area contributed by atoms with Crippen LogP contribution in [0.1, 0.15) is 13.3 Å². The van der Waals surface area contributed by atoms with E-state index in [2.05, 4.69) is 35.5 Å². The Labute approximate surface area is 120 Å². The quantitative estimate of drug-likeness (QED) is 0.578. The van der Waals surface area contributed by atoms with Crippen LogP contribution in [-0.4, -0.2) is 12.4 Å². The van der Waals surface area contributed by atoms with E-state index >= 15 is 0 Å². The highest BCUT2D eigenvalue weighted by Gasteiger charge is 2.09. The van der Waals surface area contributed by atoms with E-state index < -0.39 is 0 Å². The van der Waals surface area contributed by atoms with Gasteiger partial charge in [0.25, 0.3) is 0 Å². The monoisotopic (exact) mass is 342 g/mol. The van der Waals surface area contributed by atoms with Gasteiger partial charge in [0.2, 0.25) is 0 Å². The van der Waals surface area contributed by atoms with E-state index in [1.54, 1.807) is 12.1 Å². The highest BCUT2D eigenvalue weighted by Crippen LogP contribution is 2.34. The zero-order valence-electron chi connectivity index (χ0n) is 8.84. The lowest BCUT2D eigenvalue weighted by atomic mass is 10.1. The minimum Gasteiger partial charge on any atom is -0.492 e. The molecule has 5 heteroatoms. The zero-order valence-corrected chi connectivity index (χ0v) is 12.8. The lowest BCUT2D eigenvalue weighted by Crippen LogP contribution is -2.12.